The maximum atomic E-state index is 5.72. The van der Waals surface area contributed by atoms with Gasteiger partial charge in [-0.05, 0) is 44.0 Å². The summed E-state index contributed by atoms with van der Waals surface area (Å²) in [4.78, 5) is 0. The fourth-order valence-electron chi connectivity index (χ4n) is 1.41. The van der Waals surface area contributed by atoms with E-state index in [1.165, 1.54) is 0 Å². The van der Waals surface area contributed by atoms with E-state index in [-0.39, 0.29) is 0 Å². The molecule has 7 heteroatoms. The average Bonchev–Trinajstić information content (AvgIpc) is 2.68. The summed E-state index contributed by atoms with van der Waals surface area (Å²) in [6.45, 7) is 1.16. The molecule has 0 bridgehead atoms. The highest BCUT2D eigenvalue weighted by molar-refractivity contribution is 9.11. The van der Waals surface area contributed by atoms with Crippen LogP contribution < -0.4 is 10.5 Å². The van der Waals surface area contributed by atoms with E-state index in [2.05, 4.69) is 52.9 Å². The van der Waals surface area contributed by atoms with Crippen molar-refractivity contribution in [1.82, 2.24) is 9.78 Å². The molecule has 96 valence electrons. The maximum Gasteiger partial charge on any atom is 0.147 e. The largest absolute Gasteiger partial charge is 0.489 e. The molecule has 2 N–H and O–H groups in total. The molecule has 0 unspecified atom stereocenters. The summed E-state index contributed by atoms with van der Waals surface area (Å²) in [6.07, 6.45) is 3.39. The number of nitrogens with zero attached hydrogens (tertiary/aromatic N) is 2. The summed E-state index contributed by atoms with van der Waals surface area (Å²) in [5.74, 6) is 0.776. The third-order valence-electron chi connectivity index (χ3n) is 2.18. The molecule has 0 atom stereocenters. The number of halogens is 3. The molecule has 1 heterocycles. The zero-order valence-corrected chi connectivity index (χ0v) is 14.0. The van der Waals surface area contributed by atoms with E-state index < -0.39 is 0 Å². The number of nitrogens with two attached hydrogens (primary N) is 1. The highest BCUT2D eigenvalue weighted by Crippen LogP contribution is 2.36. The van der Waals surface area contributed by atoms with Crippen LogP contribution in [0.15, 0.2) is 37.9 Å². The summed E-state index contributed by atoms with van der Waals surface area (Å²) >= 11 is 10.3. The fraction of sp³-hybridized carbons (Fsp3) is 0.182. The summed E-state index contributed by atoms with van der Waals surface area (Å²) in [5.41, 5.74) is 6.24. The Balaban J connectivity index is 1.98. The van der Waals surface area contributed by atoms with Gasteiger partial charge in [-0.3, -0.25) is 4.68 Å². The van der Waals surface area contributed by atoms with Crippen LogP contribution >= 0.6 is 47.8 Å². The average molecular weight is 440 g/mol. The van der Waals surface area contributed by atoms with Crippen molar-refractivity contribution in [3.8, 4) is 5.75 Å². The van der Waals surface area contributed by atoms with Gasteiger partial charge in [-0.2, -0.15) is 5.10 Å². The van der Waals surface area contributed by atoms with Gasteiger partial charge in [-0.15, -0.1) is 0 Å². The van der Waals surface area contributed by atoms with E-state index in [1.807, 2.05) is 12.1 Å². The molecule has 0 spiro atoms. The van der Waals surface area contributed by atoms with Crippen LogP contribution in [-0.4, -0.2) is 16.4 Å². The van der Waals surface area contributed by atoms with E-state index in [1.54, 1.807) is 17.1 Å². The summed E-state index contributed by atoms with van der Waals surface area (Å²) < 4.78 is 10.2. The van der Waals surface area contributed by atoms with E-state index in [0.29, 0.717) is 18.8 Å². The molecule has 2 aromatic rings. The summed E-state index contributed by atoms with van der Waals surface area (Å²) in [5, 5.41) is 4.09. The lowest BCUT2D eigenvalue weighted by Crippen LogP contribution is -2.09. The van der Waals surface area contributed by atoms with Gasteiger partial charge in [0.2, 0.25) is 0 Å². The second kappa shape index (κ2) is 6.08. The van der Waals surface area contributed by atoms with Crippen LogP contribution in [0.25, 0.3) is 0 Å². The Bertz CT molecular complexity index is 533. The molecular formula is C11H10Br3N3O. The minimum absolute atomic E-state index is 0.514. The summed E-state index contributed by atoms with van der Waals surface area (Å²) in [7, 11) is 0. The molecule has 0 fully saturated rings. The Morgan fingerprint density at radius 1 is 1.22 bits per heavy atom. The number of hydrogen-bond acceptors (Lipinski definition) is 3. The number of rotatable bonds is 4. The van der Waals surface area contributed by atoms with Crippen molar-refractivity contribution in [1.29, 1.82) is 0 Å². The predicted molar refractivity (Wildman–Crippen MR) is 81.7 cm³/mol. The Labute approximate surface area is 130 Å². The molecule has 4 nitrogen and oxygen atoms in total. The molecule has 0 aliphatic rings. The van der Waals surface area contributed by atoms with Gasteiger partial charge in [-0.25, -0.2) is 0 Å². The predicted octanol–water partition coefficient (Wildman–Crippen LogP) is 3.83. The molecule has 1 aromatic heterocycles. The molecule has 18 heavy (non-hydrogen) atoms. The highest BCUT2D eigenvalue weighted by Gasteiger charge is 2.08. The third kappa shape index (κ3) is 3.49. The highest BCUT2D eigenvalue weighted by atomic mass is 79.9. The minimum Gasteiger partial charge on any atom is -0.489 e. The second-order valence-corrected chi connectivity index (χ2v) is 6.21. The Morgan fingerprint density at radius 3 is 2.44 bits per heavy atom. The van der Waals surface area contributed by atoms with Crippen LogP contribution in [0.5, 0.6) is 5.75 Å². The standard InChI is InChI=1S/C11H10Br3N3O/c12-7-3-9(13)11(10(14)4-7)18-2-1-17-6-8(15)5-16-17/h3-6H,1-2,15H2. The van der Waals surface area contributed by atoms with E-state index in [4.69, 9.17) is 10.5 Å². The van der Waals surface area contributed by atoms with Crippen LogP contribution in [0.2, 0.25) is 0 Å². The zero-order valence-electron chi connectivity index (χ0n) is 9.24. The number of nitrogen functional groups attached to an aromatic ring is 1. The molecule has 0 saturated carbocycles. The van der Waals surface area contributed by atoms with Crippen LogP contribution in [0, 0.1) is 0 Å². The van der Waals surface area contributed by atoms with Crippen molar-refractivity contribution in [2.24, 2.45) is 0 Å². The first-order valence-electron chi connectivity index (χ1n) is 5.11. The van der Waals surface area contributed by atoms with Crippen LogP contribution in [0.4, 0.5) is 5.69 Å². The van der Waals surface area contributed by atoms with Gasteiger partial charge < -0.3 is 10.5 Å². The lowest BCUT2D eigenvalue weighted by molar-refractivity contribution is 0.288. The number of aromatic nitrogens is 2. The van der Waals surface area contributed by atoms with Crippen molar-refractivity contribution in [3.63, 3.8) is 0 Å². The Morgan fingerprint density at radius 2 is 1.89 bits per heavy atom. The Hall–Kier alpha value is -0.530. The molecule has 1 aromatic carbocycles. The molecule has 0 amide bonds. The SMILES string of the molecule is Nc1cnn(CCOc2c(Br)cc(Br)cc2Br)c1. The van der Waals surface area contributed by atoms with Gasteiger partial charge in [0, 0.05) is 10.7 Å². The van der Waals surface area contributed by atoms with Gasteiger partial charge >= 0.3 is 0 Å². The first-order valence-corrected chi connectivity index (χ1v) is 7.49. The monoisotopic (exact) mass is 437 g/mol. The van der Waals surface area contributed by atoms with Gasteiger partial charge in [0.15, 0.2) is 0 Å². The van der Waals surface area contributed by atoms with E-state index >= 15 is 0 Å². The van der Waals surface area contributed by atoms with Crippen molar-refractivity contribution in [2.75, 3.05) is 12.3 Å². The van der Waals surface area contributed by atoms with Gasteiger partial charge in [0.1, 0.15) is 12.4 Å². The van der Waals surface area contributed by atoms with Crippen LogP contribution in [0.1, 0.15) is 0 Å². The second-order valence-electron chi connectivity index (χ2n) is 3.58. The third-order valence-corrected chi connectivity index (χ3v) is 3.82. The molecule has 0 aliphatic carbocycles. The quantitative estimate of drug-likeness (QED) is 0.787. The fourth-order valence-corrected chi connectivity index (χ4v) is 3.90. The lowest BCUT2D eigenvalue weighted by Gasteiger charge is -2.10. The Kier molecular flexibility index (Phi) is 4.69. The van der Waals surface area contributed by atoms with Crippen molar-refractivity contribution in [2.45, 2.75) is 6.54 Å². The van der Waals surface area contributed by atoms with Crippen molar-refractivity contribution >= 4 is 53.5 Å². The first kappa shape index (κ1) is 13.9. The first-order chi connectivity index (χ1) is 8.56. The minimum atomic E-state index is 0.514. The van der Waals surface area contributed by atoms with Crippen LogP contribution in [-0.2, 0) is 6.54 Å². The van der Waals surface area contributed by atoms with Gasteiger partial charge in [0.05, 0.1) is 27.4 Å². The topological polar surface area (TPSA) is 53.1 Å². The number of benzene rings is 1. The van der Waals surface area contributed by atoms with E-state index in [9.17, 15) is 0 Å². The zero-order chi connectivity index (χ0) is 13.1. The normalized spacial score (nSPS) is 10.6. The van der Waals surface area contributed by atoms with Gasteiger partial charge in [-0.1, -0.05) is 15.9 Å². The smallest absolute Gasteiger partial charge is 0.147 e. The maximum absolute atomic E-state index is 5.72. The summed E-state index contributed by atoms with van der Waals surface area (Å²) in [6, 6.07) is 3.87. The molecule has 2 rings (SSSR count). The molecule has 0 saturated heterocycles. The van der Waals surface area contributed by atoms with Gasteiger partial charge in [0.25, 0.3) is 0 Å². The lowest BCUT2D eigenvalue weighted by atomic mass is 10.3. The number of anilines is 1. The molecule has 0 aliphatic heterocycles. The van der Waals surface area contributed by atoms with Crippen molar-refractivity contribution < 1.29 is 4.74 Å². The molecular weight excluding hydrogens is 430 g/mol. The molecule has 0 radical (unpaired) electrons. The van der Waals surface area contributed by atoms with Crippen molar-refractivity contribution in [3.05, 3.63) is 37.9 Å². The van der Waals surface area contributed by atoms with Crippen LogP contribution in [0.3, 0.4) is 0 Å². The number of ether oxygens (including phenoxy) is 1. The van der Waals surface area contributed by atoms with E-state index in [0.717, 1.165) is 19.2 Å². The number of hydrogen-bond donors (Lipinski definition) is 1.